The average Bonchev–Trinajstić information content (AvgIpc) is 1.65. The maximum absolute atomic E-state index is 5.64. The van der Waals surface area contributed by atoms with Crippen molar-refractivity contribution < 1.29 is 0 Å². The van der Waals surface area contributed by atoms with E-state index in [0.717, 1.165) is 78.2 Å². The molecule has 0 saturated heterocycles. The van der Waals surface area contributed by atoms with Crippen molar-refractivity contribution in [3.8, 4) is 84.3 Å². The average molecular weight is 1350 g/mol. The van der Waals surface area contributed by atoms with Gasteiger partial charge in [0.2, 0.25) is 0 Å². The van der Waals surface area contributed by atoms with Crippen LogP contribution in [0.25, 0.3) is 210 Å². The summed E-state index contributed by atoms with van der Waals surface area (Å²) in [5, 5.41) is 15.1. The zero-order valence-electron chi connectivity index (χ0n) is 54.7. The molecule has 474 valence electrons. The van der Waals surface area contributed by atoms with E-state index in [1.165, 1.54) is 126 Å². The van der Waals surface area contributed by atoms with E-state index >= 15 is 0 Å². The molecule has 0 bridgehead atoms. The lowest BCUT2D eigenvalue weighted by molar-refractivity contribution is 1.15. The molecule has 0 atom stereocenters. The predicted octanol–water partition coefficient (Wildman–Crippen LogP) is 26.9. The summed E-state index contributed by atoms with van der Waals surface area (Å²) in [6, 6.07) is 123. The highest BCUT2D eigenvalue weighted by molar-refractivity contribution is 7.26. The van der Waals surface area contributed by atoms with Gasteiger partial charge in [0.25, 0.3) is 0 Å². The number of para-hydroxylation sites is 3. The van der Waals surface area contributed by atoms with Crippen molar-refractivity contribution in [3.63, 3.8) is 0 Å². The Morgan fingerprint density at radius 3 is 0.833 bits per heavy atom. The minimum absolute atomic E-state index is 0.635. The van der Waals surface area contributed by atoms with Crippen LogP contribution in [0.4, 0.5) is 0 Å². The third-order valence-corrected chi connectivity index (χ3v) is 24.4. The molecule has 0 amide bonds. The van der Waals surface area contributed by atoms with Gasteiger partial charge in [0, 0.05) is 127 Å². The van der Waals surface area contributed by atoms with Gasteiger partial charge in [-0.3, -0.25) is 0 Å². The van der Waals surface area contributed by atoms with E-state index in [-0.39, 0.29) is 0 Å². The molecular weight excluding hydrogens is 1300 g/mol. The minimum Gasteiger partial charge on any atom is -0.309 e. The van der Waals surface area contributed by atoms with Crippen LogP contribution in [0, 0.1) is 0 Å². The first-order valence-corrected chi connectivity index (χ1v) is 37.0. The molecule has 0 unspecified atom stereocenters. The number of fused-ring (bicyclic) bond motifs is 18. The first-order chi connectivity index (χ1) is 50.5. The van der Waals surface area contributed by atoms with E-state index in [0.29, 0.717) is 5.82 Å². The lowest BCUT2D eigenvalue weighted by Crippen LogP contribution is -2.00. The Balaban J connectivity index is 0.684. The normalized spacial score (nSPS) is 12.1. The molecule has 7 aromatic heterocycles. The van der Waals surface area contributed by atoms with Crippen molar-refractivity contribution in [2.75, 3.05) is 0 Å². The van der Waals surface area contributed by atoms with E-state index < -0.39 is 0 Å². The second-order valence-electron chi connectivity index (χ2n) is 26.8. The summed E-state index contributed by atoms with van der Waals surface area (Å²) in [7, 11) is 0. The molecular formula is C94H55N5S3. The standard InChI is InChI=1S/C94H55N5S3/c1-7-28-82-68(22-1)77-49-56(59-34-40-74-71-25-4-10-31-88(71)100-91(74)52-59)37-43-85(77)97(82)65-19-13-16-62(46-65)80-55-81(63-17-14-20-66(47-63)98-83-29-8-2-23-69(83)78-50-57(38-44-86(78)98)60-35-41-75-72-26-5-11-32-89(72)101-92(75)53-60)96-94(95-80)64-18-15-21-67(48-64)99-84-30-9-3-24-70(84)79-51-58(39-45-87(79)99)61-36-42-76-73-27-6-12-33-90(73)102-93(76)54-61/h1-55H. The van der Waals surface area contributed by atoms with Gasteiger partial charge in [-0.1, -0.05) is 200 Å². The van der Waals surface area contributed by atoms with Gasteiger partial charge in [-0.2, -0.15) is 0 Å². The lowest BCUT2D eigenvalue weighted by atomic mass is 10.0. The molecule has 0 N–H and O–H groups in total. The predicted molar refractivity (Wildman–Crippen MR) is 436 cm³/mol. The summed E-state index contributed by atoms with van der Waals surface area (Å²) < 4.78 is 15.1. The van der Waals surface area contributed by atoms with Crippen LogP contribution in [0.1, 0.15) is 0 Å². The first-order valence-electron chi connectivity index (χ1n) is 34.6. The van der Waals surface area contributed by atoms with Gasteiger partial charge >= 0.3 is 0 Å². The number of rotatable bonds is 9. The largest absolute Gasteiger partial charge is 0.309 e. The van der Waals surface area contributed by atoms with Gasteiger partial charge in [-0.15, -0.1) is 34.0 Å². The summed E-state index contributed by atoms with van der Waals surface area (Å²) >= 11 is 5.59. The fraction of sp³-hybridized carbons (Fsp3) is 0. The third-order valence-electron chi connectivity index (χ3n) is 21.0. The van der Waals surface area contributed by atoms with Gasteiger partial charge in [0.1, 0.15) is 0 Å². The Kier molecular flexibility index (Phi) is 12.6. The van der Waals surface area contributed by atoms with E-state index in [1.54, 1.807) is 0 Å². The van der Waals surface area contributed by atoms with E-state index in [2.05, 4.69) is 347 Å². The Labute approximate surface area is 597 Å². The van der Waals surface area contributed by atoms with Gasteiger partial charge < -0.3 is 13.7 Å². The summed E-state index contributed by atoms with van der Waals surface area (Å²) in [6.45, 7) is 0. The minimum atomic E-state index is 0.635. The van der Waals surface area contributed by atoms with Crippen LogP contribution in [0.5, 0.6) is 0 Å². The van der Waals surface area contributed by atoms with Crippen LogP contribution in [0.3, 0.4) is 0 Å². The van der Waals surface area contributed by atoms with Crippen LogP contribution in [-0.4, -0.2) is 23.7 Å². The number of hydrogen-bond donors (Lipinski definition) is 0. The van der Waals surface area contributed by atoms with E-state index in [4.69, 9.17) is 9.97 Å². The monoisotopic (exact) mass is 1350 g/mol. The Bertz CT molecular complexity index is 6590. The Morgan fingerprint density at radius 2 is 0.461 bits per heavy atom. The molecule has 5 nitrogen and oxygen atoms in total. The van der Waals surface area contributed by atoms with Crippen molar-refractivity contribution in [3.05, 3.63) is 334 Å². The lowest BCUT2D eigenvalue weighted by Gasteiger charge is -2.14. The molecule has 0 aliphatic carbocycles. The molecule has 102 heavy (non-hydrogen) atoms. The van der Waals surface area contributed by atoms with E-state index in [1.807, 2.05) is 34.0 Å². The zero-order valence-corrected chi connectivity index (χ0v) is 57.2. The molecule has 0 radical (unpaired) electrons. The van der Waals surface area contributed by atoms with Crippen LogP contribution < -0.4 is 0 Å². The van der Waals surface area contributed by atoms with E-state index in [9.17, 15) is 0 Å². The second-order valence-corrected chi connectivity index (χ2v) is 30.0. The highest BCUT2D eigenvalue weighted by Gasteiger charge is 2.22. The molecule has 0 aliphatic rings. The topological polar surface area (TPSA) is 40.6 Å². The van der Waals surface area contributed by atoms with Crippen LogP contribution >= 0.6 is 34.0 Å². The number of aromatic nitrogens is 5. The Morgan fingerprint density at radius 1 is 0.176 bits per heavy atom. The molecule has 7 heterocycles. The van der Waals surface area contributed by atoms with Gasteiger partial charge in [0.15, 0.2) is 5.82 Å². The number of hydrogen-bond acceptors (Lipinski definition) is 5. The quantitative estimate of drug-likeness (QED) is 0.144. The van der Waals surface area contributed by atoms with Crippen LogP contribution in [0.15, 0.2) is 334 Å². The van der Waals surface area contributed by atoms with Crippen molar-refractivity contribution in [1.82, 2.24) is 23.7 Å². The number of benzene rings is 15. The fourth-order valence-electron chi connectivity index (χ4n) is 16.3. The molecule has 0 aliphatic heterocycles. The third kappa shape index (κ3) is 9.00. The summed E-state index contributed by atoms with van der Waals surface area (Å²) in [5.41, 5.74) is 21.7. The number of nitrogens with zero attached hydrogens (tertiary/aromatic N) is 5. The second kappa shape index (κ2) is 22.5. The smallest absolute Gasteiger partial charge is 0.160 e. The number of thiophene rings is 3. The van der Waals surface area contributed by atoms with Crippen molar-refractivity contribution in [2.24, 2.45) is 0 Å². The first kappa shape index (κ1) is 57.4. The maximum Gasteiger partial charge on any atom is 0.160 e. The summed E-state index contributed by atoms with van der Waals surface area (Å²) in [4.78, 5) is 11.3. The molecule has 0 spiro atoms. The molecule has 8 heteroatoms. The highest BCUT2D eigenvalue weighted by atomic mass is 32.1. The molecule has 22 rings (SSSR count). The van der Waals surface area contributed by atoms with Gasteiger partial charge in [-0.25, -0.2) is 9.97 Å². The highest BCUT2D eigenvalue weighted by Crippen LogP contribution is 2.45. The fourth-order valence-corrected chi connectivity index (χ4v) is 19.7. The summed E-state index contributed by atoms with van der Waals surface area (Å²) in [5.74, 6) is 0.635. The SMILES string of the molecule is c1cc(-c2cc(-c3cccc(-n4c5ccccc5c5cc(-c6ccc7c(c6)sc6ccccc67)ccc54)c3)nc(-c3cccc(-n4c5ccccc5c5cc(-c6ccc7c(c6)sc6ccccc67)ccc54)c3)n2)cc(-n2c3ccccc3c3cc(-c4ccc5c(c4)sc4ccccc45)ccc32)c1. The maximum atomic E-state index is 5.64. The van der Waals surface area contributed by atoms with Crippen molar-refractivity contribution in [2.45, 2.75) is 0 Å². The molecule has 22 aromatic rings. The molecule has 0 saturated carbocycles. The van der Waals surface area contributed by atoms with Crippen LogP contribution in [0.2, 0.25) is 0 Å². The van der Waals surface area contributed by atoms with Crippen LogP contribution in [-0.2, 0) is 0 Å². The molecule has 0 fully saturated rings. The zero-order chi connectivity index (χ0) is 66.7. The summed E-state index contributed by atoms with van der Waals surface area (Å²) in [6.07, 6.45) is 0. The molecule has 15 aromatic carbocycles. The van der Waals surface area contributed by atoms with Gasteiger partial charge in [-0.05, 0) is 167 Å². The van der Waals surface area contributed by atoms with Gasteiger partial charge in [0.05, 0.1) is 44.5 Å². The Hall–Kier alpha value is -12.6. The van der Waals surface area contributed by atoms with Crippen molar-refractivity contribution in [1.29, 1.82) is 0 Å². The van der Waals surface area contributed by atoms with Crippen molar-refractivity contribution >= 4 is 160 Å².